The number of nitro groups is 1. The molecule has 0 radical (unpaired) electrons. The summed E-state index contributed by atoms with van der Waals surface area (Å²) in [5.41, 5.74) is -1.60. The molecule has 0 N–H and O–H groups in total. The smallest absolute Gasteiger partial charge is 0.381 e. The number of alkyl halides is 3. The van der Waals surface area contributed by atoms with Crippen LogP contribution in [0.25, 0.3) is 0 Å². The van der Waals surface area contributed by atoms with Crippen LogP contribution in [-0.4, -0.2) is 28.6 Å². The minimum Gasteiger partial charge on any atom is -0.381 e. The first-order valence-corrected chi connectivity index (χ1v) is 8.22. The van der Waals surface area contributed by atoms with E-state index < -0.39 is 46.2 Å². The summed E-state index contributed by atoms with van der Waals surface area (Å²) in [6.07, 6.45) is -6.17. The number of benzene rings is 2. The summed E-state index contributed by atoms with van der Waals surface area (Å²) in [5.74, 6) is -3.12. The van der Waals surface area contributed by atoms with Crippen LogP contribution in [0.4, 0.5) is 24.5 Å². The van der Waals surface area contributed by atoms with Gasteiger partial charge >= 0.3 is 6.18 Å². The van der Waals surface area contributed by atoms with Crippen LogP contribution in [0.1, 0.15) is 11.1 Å². The molecule has 29 heavy (non-hydrogen) atoms. The molecule has 0 unspecified atom stereocenters. The van der Waals surface area contributed by atoms with Crippen LogP contribution in [0.3, 0.4) is 0 Å². The Kier molecular flexibility index (Phi) is 4.10. The van der Waals surface area contributed by atoms with Crippen molar-refractivity contribution < 1.29 is 32.5 Å². The van der Waals surface area contributed by atoms with Crippen LogP contribution >= 0.6 is 0 Å². The lowest BCUT2D eigenvalue weighted by atomic mass is 9.94. The van der Waals surface area contributed by atoms with E-state index in [0.717, 1.165) is 18.2 Å². The summed E-state index contributed by atoms with van der Waals surface area (Å²) in [6, 6.07) is 9.26. The molecular weight excluding hydrogens is 395 g/mol. The topological polar surface area (TPSA) is 102 Å². The van der Waals surface area contributed by atoms with Crippen molar-refractivity contribution in [3.63, 3.8) is 0 Å². The largest absolute Gasteiger partial charge is 0.418 e. The summed E-state index contributed by atoms with van der Waals surface area (Å²) in [4.78, 5) is 41.2. The monoisotopic (exact) mass is 405 g/mol. The van der Waals surface area contributed by atoms with Crippen LogP contribution in [0.2, 0.25) is 0 Å². The molecule has 2 aliphatic rings. The number of fused-ring (bicyclic) bond motifs is 1. The molecule has 2 atom stereocenters. The van der Waals surface area contributed by atoms with Crippen LogP contribution in [0, 0.1) is 16.0 Å². The Morgan fingerprint density at radius 3 is 2.31 bits per heavy atom. The first kappa shape index (κ1) is 18.6. The van der Waals surface area contributed by atoms with E-state index in [9.17, 15) is 32.9 Å². The molecule has 0 aromatic heterocycles. The zero-order chi connectivity index (χ0) is 20.9. The number of halogens is 3. The Balaban J connectivity index is 1.71. The van der Waals surface area contributed by atoms with Gasteiger partial charge in [0.2, 0.25) is 12.0 Å². The highest BCUT2D eigenvalue weighted by Crippen LogP contribution is 2.41. The Bertz CT molecular complexity index is 1070. The maximum absolute atomic E-state index is 13.3. The third-order valence-electron chi connectivity index (χ3n) is 4.64. The summed E-state index contributed by atoms with van der Waals surface area (Å²) in [7, 11) is 0. The van der Waals surface area contributed by atoms with Gasteiger partial charge in [0.25, 0.3) is 11.6 Å². The number of imide groups is 1. The van der Waals surface area contributed by atoms with E-state index in [1.165, 1.54) is 30.3 Å². The highest BCUT2D eigenvalue weighted by molar-refractivity contribution is 6.32. The fourth-order valence-corrected chi connectivity index (χ4v) is 3.32. The molecule has 0 saturated carbocycles. The molecular formula is C18H10F3N3O5. The van der Waals surface area contributed by atoms with Crippen molar-refractivity contribution in [3.8, 4) is 0 Å². The lowest BCUT2D eigenvalue weighted by Crippen LogP contribution is -2.34. The minimum absolute atomic E-state index is 0.0234. The third-order valence-corrected chi connectivity index (χ3v) is 4.64. The van der Waals surface area contributed by atoms with Crippen LogP contribution in [0.15, 0.2) is 53.7 Å². The molecule has 2 aromatic carbocycles. The fraction of sp³-hybridized carbons (Fsp3) is 0.167. The number of oxime groups is 1. The van der Waals surface area contributed by atoms with Gasteiger partial charge in [-0.1, -0.05) is 17.3 Å². The number of non-ortho nitro benzene ring substituents is 1. The number of carbonyl (C=O) groups is 2. The molecule has 8 nitrogen and oxygen atoms in total. The molecule has 2 amide bonds. The average molecular weight is 405 g/mol. The zero-order valence-corrected chi connectivity index (χ0v) is 14.3. The van der Waals surface area contributed by atoms with E-state index in [1.807, 2.05) is 0 Å². The Morgan fingerprint density at radius 2 is 1.69 bits per heavy atom. The van der Waals surface area contributed by atoms with Crippen molar-refractivity contribution in [1.82, 2.24) is 0 Å². The fourth-order valence-electron chi connectivity index (χ4n) is 3.32. The Morgan fingerprint density at radius 1 is 1.03 bits per heavy atom. The molecule has 1 saturated heterocycles. The predicted octanol–water partition coefficient (Wildman–Crippen LogP) is 2.91. The SMILES string of the molecule is O=C1[C@@H]2C(c3ccc([N+](=O)[O-])cc3)=NO[C@H]2C(=O)N1c1ccccc1C(F)(F)F. The number of nitrogens with zero attached hydrogens (tertiary/aromatic N) is 3. The second-order valence-electron chi connectivity index (χ2n) is 6.31. The van der Waals surface area contributed by atoms with Crippen LogP contribution in [-0.2, 0) is 20.6 Å². The Hall–Kier alpha value is -3.76. The van der Waals surface area contributed by atoms with Crippen molar-refractivity contribution in [2.24, 2.45) is 11.1 Å². The maximum Gasteiger partial charge on any atom is 0.418 e. The van der Waals surface area contributed by atoms with Crippen molar-refractivity contribution in [3.05, 3.63) is 69.8 Å². The minimum atomic E-state index is -4.77. The quantitative estimate of drug-likeness (QED) is 0.444. The first-order chi connectivity index (χ1) is 13.7. The number of amides is 2. The van der Waals surface area contributed by atoms with E-state index >= 15 is 0 Å². The van der Waals surface area contributed by atoms with Gasteiger partial charge in [0.1, 0.15) is 11.6 Å². The molecule has 1 fully saturated rings. The lowest BCUT2D eigenvalue weighted by Gasteiger charge is -2.20. The lowest BCUT2D eigenvalue weighted by molar-refractivity contribution is -0.384. The molecule has 0 spiro atoms. The Labute approximate surface area is 160 Å². The van der Waals surface area contributed by atoms with E-state index in [2.05, 4.69) is 5.16 Å². The molecule has 0 aliphatic carbocycles. The van der Waals surface area contributed by atoms with Crippen molar-refractivity contribution in [1.29, 1.82) is 0 Å². The van der Waals surface area contributed by atoms with E-state index in [-0.39, 0.29) is 17.0 Å². The van der Waals surface area contributed by atoms with Crippen molar-refractivity contribution in [2.45, 2.75) is 12.3 Å². The summed E-state index contributed by atoms with van der Waals surface area (Å²) in [5, 5.41) is 14.5. The number of hydrogen-bond donors (Lipinski definition) is 0. The van der Waals surface area contributed by atoms with Gasteiger partial charge in [0.05, 0.1) is 16.2 Å². The predicted molar refractivity (Wildman–Crippen MR) is 91.9 cm³/mol. The second-order valence-corrected chi connectivity index (χ2v) is 6.31. The van der Waals surface area contributed by atoms with Gasteiger partial charge in [-0.05, 0) is 24.3 Å². The molecule has 11 heteroatoms. The third kappa shape index (κ3) is 2.91. The number of nitro benzene ring substituents is 1. The van der Waals surface area contributed by atoms with Gasteiger partial charge in [0.15, 0.2) is 0 Å². The summed E-state index contributed by atoms with van der Waals surface area (Å²) < 4.78 is 40.0. The summed E-state index contributed by atoms with van der Waals surface area (Å²) >= 11 is 0. The zero-order valence-electron chi connectivity index (χ0n) is 14.3. The van der Waals surface area contributed by atoms with Gasteiger partial charge in [-0.2, -0.15) is 13.2 Å². The molecule has 2 aromatic rings. The van der Waals surface area contributed by atoms with Crippen molar-refractivity contribution in [2.75, 3.05) is 4.90 Å². The summed E-state index contributed by atoms with van der Waals surface area (Å²) in [6.45, 7) is 0. The standard InChI is InChI=1S/C18H10F3N3O5/c19-18(20,21)11-3-1-2-4-12(11)23-16(25)13-14(22-29-15(13)17(23)26)9-5-7-10(8-6-9)24(27)28/h1-8,13,15H/t13-,15-/m1/s1. The van der Waals surface area contributed by atoms with E-state index in [0.29, 0.717) is 4.90 Å². The van der Waals surface area contributed by atoms with Gasteiger partial charge < -0.3 is 4.84 Å². The normalized spacial score (nSPS) is 21.1. The highest BCUT2D eigenvalue weighted by Gasteiger charge is 2.57. The maximum atomic E-state index is 13.3. The van der Waals surface area contributed by atoms with Gasteiger partial charge in [-0.25, -0.2) is 4.90 Å². The van der Waals surface area contributed by atoms with E-state index in [1.54, 1.807) is 0 Å². The number of anilines is 1. The molecule has 0 bridgehead atoms. The van der Waals surface area contributed by atoms with Crippen molar-refractivity contribution >= 4 is 28.9 Å². The van der Waals surface area contributed by atoms with Gasteiger partial charge in [-0.3, -0.25) is 19.7 Å². The highest BCUT2D eigenvalue weighted by atomic mass is 19.4. The van der Waals surface area contributed by atoms with Crippen LogP contribution < -0.4 is 4.90 Å². The second kappa shape index (κ2) is 6.40. The first-order valence-electron chi connectivity index (χ1n) is 8.22. The van der Waals surface area contributed by atoms with Gasteiger partial charge in [-0.15, -0.1) is 0 Å². The van der Waals surface area contributed by atoms with Crippen LogP contribution in [0.5, 0.6) is 0 Å². The van der Waals surface area contributed by atoms with E-state index in [4.69, 9.17) is 4.84 Å². The average Bonchev–Trinajstić information content (AvgIpc) is 3.21. The number of hydrogen-bond acceptors (Lipinski definition) is 6. The molecule has 4 rings (SSSR count). The molecule has 148 valence electrons. The number of para-hydroxylation sites is 1. The molecule has 2 heterocycles. The molecule has 2 aliphatic heterocycles. The number of carbonyl (C=O) groups excluding carboxylic acids is 2. The number of rotatable bonds is 3. The van der Waals surface area contributed by atoms with Gasteiger partial charge in [0, 0.05) is 17.7 Å².